The molecule has 0 atom stereocenters. The van der Waals surface area contributed by atoms with Gasteiger partial charge < -0.3 is 14.2 Å². The fourth-order valence-corrected chi connectivity index (χ4v) is 3.39. The van der Waals surface area contributed by atoms with E-state index in [0.29, 0.717) is 34.8 Å². The molecule has 0 amide bonds. The fraction of sp³-hybridized carbons (Fsp3) is 0.185. The number of hydrogen-bond donors (Lipinski definition) is 0. The molecule has 0 aliphatic carbocycles. The minimum absolute atomic E-state index is 0.170. The van der Waals surface area contributed by atoms with Crippen LogP contribution in [0.15, 0.2) is 78.9 Å². The van der Waals surface area contributed by atoms with Crippen LogP contribution in [0, 0.1) is 11.3 Å². The number of nitrogens with zero attached hydrogens (tertiary/aromatic N) is 2. The summed E-state index contributed by atoms with van der Waals surface area (Å²) in [4.78, 5) is 12.8. The van der Waals surface area contributed by atoms with E-state index in [1.807, 2.05) is 54.6 Å². The van der Waals surface area contributed by atoms with Crippen molar-refractivity contribution in [2.75, 3.05) is 0 Å². The largest absolute Gasteiger partial charge is 0.485 e. The molecular formula is C27H24N2O4. The molecule has 4 rings (SSSR count). The highest BCUT2D eigenvalue weighted by molar-refractivity contribution is 5.95. The molecule has 6 heteroatoms. The van der Waals surface area contributed by atoms with Crippen LogP contribution in [0.1, 0.15) is 32.0 Å². The summed E-state index contributed by atoms with van der Waals surface area (Å²) in [6.45, 7) is 5.75. The van der Waals surface area contributed by atoms with Gasteiger partial charge in [0.15, 0.2) is 11.5 Å². The topological polar surface area (TPSA) is 73.5 Å². The molecule has 1 aromatic heterocycles. The Kier molecular flexibility index (Phi) is 6.05. The van der Waals surface area contributed by atoms with E-state index in [1.165, 1.54) is 4.57 Å². The zero-order valence-corrected chi connectivity index (χ0v) is 18.7. The summed E-state index contributed by atoms with van der Waals surface area (Å²) >= 11 is 0. The van der Waals surface area contributed by atoms with Gasteiger partial charge in [0.25, 0.3) is 0 Å². The average Bonchev–Trinajstić information content (AvgIpc) is 3.18. The Morgan fingerprint density at radius 1 is 0.909 bits per heavy atom. The van der Waals surface area contributed by atoms with E-state index in [4.69, 9.17) is 14.2 Å². The molecule has 0 aliphatic rings. The monoisotopic (exact) mass is 440 g/mol. The summed E-state index contributed by atoms with van der Waals surface area (Å²) in [6, 6.07) is 26.3. The maximum absolute atomic E-state index is 12.8. The average molecular weight is 440 g/mol. The van der Waals surface area contributed by atoms with Crippen molar-refractivity contribution in [2.24, 2.45) is 0 Å². The lowest BCUT2D eigenvalue weighted by atomic mass is 10.2. The number of nitriles is 1. The number of para-hydroxylation sites is 2. The van der Waals surface area contributed by atoms with Gasteiger partial charge in [-0.3, -0.25) is 0 Å². The second-order valence-electron chi connectivity index (χ2n) is 8.47. The van der Waals surface area contributed by atoms with Crippen LogP contribution >= 0.6 is 0 Å². The molecule has 4 aromatic rings. The number of carbonyl (C=O) groups excluding carboxylic acids is 1. The first-order valence-electron chi connectivity index (χ1n) is 10.6. The first-order chi connectivity index (χ1) is 15.9. The van der Waals surface area contributed by atoms with Crippen LogP contribution in [-0.2, 0) is 11.3 Å². The van der Waals surface area contributed by atoms with Gasteiger partial charge >= 0.3 is 6.09 Å². The number of ether oxygens (including phenoxy) is 3. The van der Waals surface area contributed by atoms with Crippen LogP contribution in [0.3, 0.4) is 0 Å². The van der Waals surface area contributed by atoms with E-state index < -0.39 is 11.7 Å². The highest BCUT2D eigenvalue weighted by atomic mass is 16.6. The maximum Gasteiger partial charge on any atom is 0.420 e. The summed E-state index contributed by atoms with van der Waals surface area (Å²) in [6.07, 6.45) is -0.613. The Bertz CT molecular complexity index is 1330. The third-order valence-corrected chi connectivity index (χ3v) is 4.80. The molecule has 0 radical (unpaired) electrons. The third-order valence-electron chi connectivity index (χ3n) is 4.80. The fourth-order valence-electron chi connectivity index (χ4n) is 3.39. The van der Waals surface area contributed by atoms with Gasteiger partial charge in [-0.25, -0.2) is 9.36 Å². The molecule has 3 aromatic carbocycles. The van der Waals surface area contributed by atoms with Crippen molar-refractivity contribution >= 4 is 17.0 Å². The van der Waals surface area contributed by atoms with E-state index in [-0.39, 0.29) is 5.69 Å². The molecule has 0 fully saturated rings. The zero-order valence-electron chi connectivity index (χ0n) is 18.7. The maximum atomic E-state index is 12.8. The second-order valence-corrected chi connectivity index (χ2v) is 8.47. The number of benzene rings is 3. The summed E-state index contributed by atoms with van der Waals surface area (Å²) in [7, 11) is 0. The first-order valence-corrected chi connectivity index (χ1v) is 10.6. The number of fused-ring (bicyclic) bond motifs is 1. The number of hydrogen-bond acceptors (Lipinski definition) is 5. The highest BCUT2D eigenvalue weighted by Crippen LogP contribution is 2.36. The van der Waals surface area contributed by atoms with Gasteiger partial charge in [-0.15, -0.1) is 0 Å². The van der Waals surface area contributed by atoms with E-state index in [1.54, 1.807) is 45.0 Å². The Hall–Kier alpha value is -4.24. The molecule has 1 heterocycles. The molecule has 33 heavy (non-hydrogen) atoms. The van der Waals surface area contributed by atoms with Gasteiger partial charge in [0.1, 0.15) is 29.7 Å². The Morgan fingerprint density at radius 2 is 1.58 bits per heavy atom. The third kappa shape index (κ3) is 4.99. The van der Waals surface area contributed by atoms with Crippen molar-refractivity contribution in [1.29, 1.82) is 5.26 Å². The van der Waals surface area contributed by atoms with Crippen molar-refractivity contribution in [3.05, 3.63) is 90.1 Å². The van der Waals surface area contributed by atoms with Crippen LogP contribution in [-0.4, -0.2) is 16.3 Å². The van der Waals surface area contributed by atoms with Gasteiger partial charge in [0.05, 0.1) is 5.52 Å². The van der Waals surface area contributed by atoms with Crippen molar-refractivity contribution in [3.8, 4) is 23.3 Å². The SMILES string of the molecule is CC(C)(C)OC(=O)n1c(C#N)cc2c(Oc3ccccc3OCc3ccccc3)cccc21. The highest BCUT2D eigenvalue weighted by Gasteiger charge is 2.23. The van der Waals surface area contributed by atoms with Crippen LogP contribution in [0.4, 0.5) is 4.79 Å². The van der Waals surface area contributed by atoms with Crippen LogP contribution in [0.25, 0.3) is 10.9 Å². The molecule has 0 unspecified atom stereocenters. The van der Waals surface area contributed by atoms with Crippen LogP contribution in [0.2, 0.25) is 0 Å². The van der Waals surface area contributed by atoms with Gasteiger partial charge in [0, 0.05) is 5.39 Å². The quantitative estimate of drug-likeness (QED) is 0.347. The Morgan fingerprint density at radius 3 is 2.27 bits per heavy atom. The summed E-state index contributed by atoms with van der Waals surface area (Å²) < 4.78 is 19.0. The lowest BCUT2D eigenvalue weighted by Gasteiger charge is -2.20. The van der Waals surface area contributed by atoms with Crippen LogP contribution < -0.4 is 9.47 Å². The lowest BCUT2D eigenvalue weighted by Crippen LogP contribution is -2.27. The predicted molar refractivity (Wildman–Crippen MR) is 126 cm³/mol. The predicted octanol–water partition coefficient (Wildman–Crippen LogP) is 6.67. The summed E-state index contributed by atoms with van der Waals surface area (Å²) in [5.74, 6) is 1.62. The zero-order chi connectivity index (χ0) is 23.4. The molecular weight excluding hydrogens is 416 g/mol. The molecule has 166 valence electrons. The second kappa shape index (κ2) is 9.09. The van der Waals surface area contributed by atoms with Gasteiger partial charge in [-0.2, -0.15) is 5.26 Å². The van der Waals surface area contributed by atoms with E-state index in [2.05, 4.69) is 6.07 Å². The molecule has 0 aliphatic heterocycles. The van der Waals surface area contributed by atoms with Gasteiger partial charge in [-0.05, 0) is 56.7 Å². The van der Waals surface area contributed by atoms with Crippen molar-refractivity contribution in [3.63, 3.8) is 0 Å². The number of carbonyl (C=O) groups is 1. The van der Waals surface area contributed by atoms with Gasteiger partial charge in [0.2, 0.25) is 0 Å². The Labute approximate surface area is 192 Å². The summed E-state index contributed by atoms with van der Waals surface area (Å²) in [5, 5.41) is 10.3. The molecule has 0 saturated carbocycles. The van der Waals surface area contributed by atoms with Crippen molar-refractivity contribution in [1.82, 2.24) is 4.57 Å². The van der Waals surface area contributed by atoms with E-state index in [0.717, 1.165) is 5.56 Å². The number of rotatable bonds is 5. The van der Waals surface area contributed by atoms with Crippen molar-refractivity contribution in [2.45, 2.75) is 33.0 Å². The van der Waals surface area contributed by atoms with Gasteiger partial charge in [-0.1, -0.05) is 48.5 Å². The first kappa shape index (κ1) is 22.0. The van der Waals surface area contributed by atoms with E-state index >= 15 is 0 Å². The molecule has 0 spiro atoms. The minimum atomic E-state index is -0.691. The molecule has 6 nitrogen and oxygen atoms in total. The van der Waals surface area contributed by atoms with Crippen molar-refractivity contribution < 1.29 is 19.0 Å². The standard InChI is InChI=1S/C27H24N2O4/c1-27(2,3)33-26(30)29-20(17-28)16-21-22(29)12-9-15-23(21)32-25-14-8-7-13-24(25)31-18-19-10-5-4-6-11-19/h4-16H,18H2,1-3H3. The number of aromatic nitrogens is 1. The normalized spacial score (nSPS) is 11.1. The minimum Gasteiger partial charge on any atom is -0.485 e. The smallest absolute Gasteiger partial charge is 0.420 e. The lowest BCUT2D eigenvalue weighted by molar-refractivity contribution is 0.0543. The molecule has 0 bridgehead atoms. The Balaban J connectivity index is 1.67. The molecule has 0 saturated heterocycles. The summed E-state index contributed by atoms with van der Waals surface area (Å²) in [5.41, 5.74) is 1.05. The van der Waals surface area contributed by atoms with Crippen LogP contribution in [0.5, 0.6) is 17.2 Å². The molecule has 0 N–H and O–H groups in total. The van der Waals surface area contributed by atoms with E-state index in [9.17, 15) is 10.1 Å².